The Morgan fingerprint density at radius 2 is 1.81 bits per heavy atom. The molecule has 1 N–H and O–H groups in total. The lowest BCUT2D eigenvalue weighted by Crippen LogP contribution is -2.48. The van der Waals surface area contributed by atoms with Crippen molar-refractivity contribution in [3.63, 3.8) is 0 Å². The molecule has 0 bridgehead atoms. The lowest BCUT2D eigenvalue weighted by Gasteiger charge is -2.43. The van der Waals surface area contributed by atoms with E-state index in [0.717, 1.165) is 44.9 Å². The van der Waals surface area contributed by atoms with Crippen LogP contribution in [0.4, 0.5) is 5.00 Å². The van der Waals surface area contributed by atoms with Crippen molar-refractivity contribution in [2.75, 3.05) is 35.7 Å². The van der Waals surface area contributed by atoms with Crippen LogP contribution in [0.2, 0.25) is 5.02 Å². The summed E-state index contributed by atoms with van der Waals surface area (Å²) < 4.78 is 16.5. The van der Waals surface area contributed by atoms with Crippen molar-refractivity contribution in [1.82, 2.24) is 4.37 Å². The van der Waals surface area contributed by atoms with E-state index in [9.17, 15) is 0 Å². The van der Waals surface area contributed by atoms with Gasteiger partial charge in [0.25, 0.3) is 0 Å². The van der Waals surface area contributed by atoms with Crippen LogP contribution in [0.25, 0.3) is 0 Å². The van der Waals surface area contributed by atoms with Crippen LogP contribution in [0.1, 0.15) is 23.7 Å². The first-order valence-corrected chi connectivity index (χ1v) is 12.2. The predicted octanol–water partition coefficient (Wildman–Crippen LogP) is 5.76. The summed E-state index contributed by atoms with van der Waals surface area (Å²) in [7, 11) is 0. The quantitative estimate of drug-likeness (QED) is 0.456. The van der Waals surface area contributed by atoms with Gasteiger partial charge in [-0.25, -0.2) is 0 Å². The van der Waals surface area contributed by atoms with Crippen LogP contribution in [0.5, 0.6) is 0 Å². The molecule has 1 fully saturated rings. The molecule has 0 atom stereocenters. The molecule has 0 saturated carbocycles. The van der Waals surface area contributed by atoms with Crippen LogP contribution in [-0.2, 0) is 21.7 Å². The summed E-state index contributed by atoms with van der Waals surface area (Å²) in [6.07, 6.45) is 0.905. The number of benzene rings is 1. The fraction of sp³-hybridized carbons (Fsp3) is 0.526. The Labute approximate surface area is 186 Å². The molecular weight excluding hydrogens is 516 g/mol. The molecule has 1 saturated heterocycles. The van der Waals surface area contributed by atoms with Crippen molar-refractivity contribution in [1.29, 1.82) is 0 Å². The van der Waals surface area contributed by atoms with Crippen LogP contribution in [0, 0.1) is 12.3 Å². The third kappa shape index (κ3) is 4.87. The monoisotopic (exact) mass is 536 g/mol. The molecule has 0 spiro atoms. The lowest BCUT2D eigenvalue weighted by atomic mass is 9.93. The third-order valence-electron chi connectivity index (χ3n) is 4.84. The Hall–Kier alpha value is -0.180. The maximum atomic E-state index is 6.21. The highest BCUT2D eigenvalue weighted by Crippen LogP contribution is 2.38. The summed E-state index contributed by atoms with van der Waals surface area (Å²) in [5.74, 6) is -0.696. The standard InChI is InChI=1S/C19H23Br2ClN2O2S/c1-13-16(22)17(27-24-13)23-8-7-14-3-5-15(6-4-14)18(2)25-11-19(9-20,10-21)12-26-18/h3-6,23H,7-12H2,1-2H3. The minimum absolute atomic E-state index is 0.0125. The molecule has 1 aromatic heterocycles. The second kappa shape index (κ2) is 9.09. The van der Waals surface area contributed by atoms with Crippen molar-refractivity contribution in [2.45, 2.75) is 26.1 Å². The Balaban J connectivity index is 1.56. The first kappa shape index (κ1) is 21.5. The average molecular weight is 539 g/mol. The van der Waals surface area contributed by atoms with Crippen molar-refractivity contribution in [3.05, 3.63) is 46.1 Å². The van der Waals surface area contributed by atoms with Gasteiger partial charge >= 0.3 is 0 Å². The van der Waals surface area contributed by atoms with Crippen molar-refractivity contribution >= 4 is 60.0 Å². The van der Waals surface area contributed by atoms with E-state index in [-0.39, 0.29) is 5.41 Å². The molecular formula is C19H23Br2ClN2O2S. The highest BCUT2D eigenvalue weighted by atomic mass is 79.9. The van der Waals surface area contributed by atoms with Crippen LogP contribution in [0.15, 0.2) is 24.3 Å². The highest BCUT2D eigenvalue weighted by molar-refractivity contribution is 9.09. The topological polar surface area (TPSA) is 43.4 Å². The zero-order valence-electron chi connectivity index (χ0n) is 15.4. The molecule has 2 heterocycles. The molecule has 0 radical (unpaired) electrons. The number of aryl methyl sites for hydroxylation is 1. The Morgan fingerprint density at radius 1 is 1.19 bits per heavy atom. The van der Waals surface area contributed by atoms with E-state index in [2.05, 4.69) is 65.8 Å². The first-order valence-electron chi connectivity index (χ1n) is 8.76. The molecule has 8 heteroatoms. The highest BCUT2D eigenvalue weighted by Gasteiger charge is 2.42. The SMILES string of the molecule is Cc1nsc(NCCc2ccc(C3(C)OCC(CBr)(CBr)CO3)cc2)c1Cl. The van der Waals surface area contributed by atoms with Crippen molar-refractivity contribution in [2.24, 2.45) is 5.41 Å². The Bertz CT molecular complexity index is 756. The van der Waals surface area contributed by atoms with Gasteiger partial charge < -0.3 is 14.8 Å². The van der Waals surface area contributed by atoms with Crippen molar-refractivity contribution in [3.8, 4) is 0 Å². The van der Waals surface area contributed by atoms with Gasteiger partial charge in [0.05, 0.1) is 23.9 Å². The molecule has 1 aliphatic rings. The lowest BCUT2D eigenvalue weighted by molar-refractivity contribution is -0.296. The normalized spacial score (nSPS) is 18.4. The van der Waals surface area contributed by atoms with Crippen molar-refractivity contribution < 1.29 is 9.47 Å². The maximum Gasteiger partial charge on any atom is 0.191 e. The minimum Gasteiger partial charge on any atom is -0.374 e. The number of anilines is 1. The number of nitrogens with zero attached hydrogens (tertiary/aromatic N) is 1. The van der Waals surface area contributed by atoms with Gasteiger partial charge in [-0.15, -0.1) is 0 Å². The smallest absolute Gasteiger partial charge is 0.191 e. The fourth-order valence-corrected chi connectivity index (χ4v) is 5.34. The minimum atomic E-state index is -0.696. The zero-order valence-corrected chi connectivity index (χ0v) is 20.1. The van der Waals surface area contributed by atoms with Crippen LogP contribution in [-0.4, -0.2) is 34.8 Å². The van der Waals surface area contributed by atoms with Gasteiger partial charge in [-0.1, -0.05) is 67.7 Å². The van der Waals surface area contributed by atoms with E-state index in [1.807, 2.05) is 13.8 Å². The van der Waals surface area contributed by atoms with Crippen LogP contribution in [0.3, 0.4) is 0 Å². The van der Waals surface area contributed by atoms with Gasteiger partial charge in [-0.3, -0.25) is 0 Å². The number of nitrogens with one attached hydrogen (secondary N) is 1. The zero-order chi connectivity index (χ0) is 19.5. The fourth-order valence-electron chi connectivity index (χ4n) is 2.78. The molecule has 1 aromatic carbocycles. The van der Waals surface area contributed by atoms with E-state index < -0.39 is 5.79 Å². The molecule has 4 nitrogen and oxygen atoms in total. The van der Waals surface area contributed by atoms with Gasteiger partial charge in [-0.2, -0.15) is 4.37 Å². The molecule has 0 unspecified atom stereocenters. The predicted molar refractivity (Wildman–Crippen MR) is 120 cm³/mol. The molecule has 2 aromatic rings. The van der Waals surface area contributed by atoms with E-state index in [1.165, 1.54) is 17.1 Å². The van der Waals surface area contributed by atoms with E-state index in [0.29, 0.717) is 13.2 Å². The number of halogens is 3. The molecule has 0 amide bonds. The number of hydrogen-bond acceptors (Lipinski definition) is 5. The molecule has 3 rings (SSSR count). The molecule has 27 heavy (non-hydrogen) atoms. The van der Waals surface area contributed by atoms with Gasteiger partial charge in [0.2, 0.25) is 0 Å². The number of rotatable bonds is 7. The maximum absolute atomic E-state index is 6.21. The van der Waals surface area contributed by atoms with Crippen LogP contribution < -0.4 is 5.32 Å². The molecule has 148 valence electrons. The van der Waals surface area contributed by atoms with E-state index in [1.54, 1.807) is 0 Å². The molecule has 0 aliphatic carbocycles. The van der Waals surface area contributed by atoms with E-state index >= 15 is 0 Å². The average Bonchev–Trinajstić information content (AvgIpc) is 3.02. The Morgan fingerprint density at radius 3 is 2.33 bits per heavy atom. The summed E-state index contributed by atoms with van der Waals surface area (Å²) in [4.78, 5) is 0. The van der Waals surface area contributed by atoms with E-state index in [4.69, 9.17) is 21.1 Å². The second-order valence-corrected chi connectivity index (χ2v) is 9.35. The molecule has 1 aliphatic heterocycles. The summed E-state index contributed by atoms with van der Waals surface area (Å²) in [5.41, 5.74) is 3.15. The summed E-state index contributed by atoms with van der Waals surface area (Å²) >= 11 is 14.7. The van der Waals surface area contributed by atoms with Gasteiger partial charge in [0.15, 0.2) is 5.79 Å². The summed E-state index contributed by atoms with van der Waals surface area (Å²) in [6.45, 7) is 6.02. The summed E-state index contributed by atoms with van der Waals surface area (Å²) in [6, 6.07) is 8.44. The number of aromatic nitrogens is 1. The van der Waals surface area contributed by atoms with Gasteiger partial charge in [0, 0.05) is 28.2 Å². The second-order valence-electron chi connectivity index (χ2n) is 7.08. The Kier molecular flexibility index (Phi) is 7.25. The number of ether oxygens (including phenoxy) is 2. The van der Waals surface area contributed by atoms with Gasteiger partial charge in [0.1, 0.15) is 5.00 Å². The van der Waals surface area contributed by atoms with Crippen LogP contribution >= 0.6 is 55.0 Å². The largest absolute Gasteiger partial charge is 0.374 e. The number of hydrogen-bond donors (Lipinski definition) is 1. The van der Waals surface area contributed by atoms with Gasteiger partial charge in [-0.05, 0) is 37.4 Å². The number of alkyl halides is 2. The summed E-state index contributed by atoms with van der Waals surface area (Å²) in [5, 5.41) is 6.70. The first-order chi connectivity index (χ1) is 12.9. The third-order valence-corrected chi connectivity index (χ3v) is 8.69.